The first-order valence-electron chi connectivity index (χ1n) is 5.24. The molecule has 0 aromatic carbocycles. The van der Waals surface area contributed by atoms with Gasteiger partial charge in [0.05, 0.1) is 18.5 Å². The SMILES string of the molecule is COCCCOCCOc1ccc(N)cn1. The molecule has 0 fully saturated rings. The Balaban J connectivity index is 2.01. The minimum absolute atomic E-state index is 0.490. The molecule has 0 saturated carbocycles. The highest BCUT2D eigenvalue weighted by Crippen LogP contribution is 2.07. The second-order valence-electron chi connectivity index (χ2n) is 3.24. The van der Waals surface area contributed by atoms with E-state index >= 15 is 0 Å². The monoisotopic (exact) mass is 226 g/mol. The number of pyridine rings is 1. The highest BCUT2D eigenvalue weighted by molar-refractivity contribution is 5.35. The van der Waals surface area contributed by atoms with Crippen LogP contribution in [-0.4, -0.2) is 38.5 Å². The summed E-state index contributed by atoms with van der Waals surface area (Å²) >= 11 is 0. The highest BCUT2D eigenvalue weighted by atomic mass is 16.5. The quantitative estimate of drug-likeness (QED) is 0.672. The first-order chi connectivity index (χ1) is 7.83. The Bertz CT molecular complexity index is 277. The van der Waals surface area contributed by atoms with Crippen LogP contribution in [0, 0.1) is 0 Å². The summed E-state index contributed by atoms with van der Waals surface area (Å²) in [5.41, 5.74) is 6.12. The zero-order valence-corrected chi connectivity index (χ0v) is 9.52. The van der Waals surface area contributed by atoms with Gasteiger partial charge < -0.3 is 19.9 Å². The summed E-state index contributed by atoms with van der Waals surface area (Å²) in [5.74, 6) is 0.565. The minimum atomic E-state index is 0.490. The third-order valence-electron chi connectivity index (χ3n) is 1.87. The van der Waals surface area contributed by atoms with Gasteiger partial charge in [0, 0.05) is 26.4 Å². The number of ether oxygens (including phenoxy) is 3. The Labute approximate surface area is 95.5 Å². The molecule has 0 aliphatic carbocycles. The average Bonchev–Trinajstić information content (AvgIpc) is 2.30. The Kier molecular flexibility index (Phi) is 6.29. The number of nitrogens with zero attached hydrogens (tertiary/aromatic N) is 1. The smallest absolute Gasteiger partial charge is 0.213 e. The molecule has 1 aromatic rings. The van der Waals surface area contributed by atoms with Gasteiger partial charge in [0.1, 0.15) is 6.61 Å². The normalized spacial score (nSPS) is 10.3. The summed E-state index contributed by atoms with van der Waals surface area (Å²) in [6.07, 6.45) is 2.46. The maximum Gasteiger partial charge on any atom is 0.213 e. The third-order valence-corrected chi connectivity index (χ3v) is 1.87. The molecular formula is C11H18N2O3. The number of methoxy groups -OCH3 is 1. The van der Waals surface area contributed by atoms with Crippen LogP contribution in [0.25, 0.3) is 0 Å². The van der Waals surface area contributed by atoms with E-state index in [9.17, 15) is 0 Å². The summed E-state index contributed by atoms with van der Waals surface area (Å²) in [6, 6.07) is 3.49. The molecular weight excluding hydrogens is 208 g/mol. The number of rotatable bonds is 8. The molecule has 0 aliphatic heterocycles. The molecule has 0 spiro atoms. The molecule has 0 bridgehead atoms. The molecule has 0 amide bonds. The second-order valence-corrected chi connectivity index (χ2v) is 3.24. The number of nitrogens with two attached hydrogens (primary N) is 1. The van der Waals surface area contributed by atoms with Gasteiger partial charge in [-0.15, -0.1) is 0 Å². The minimum Gasteiger partial charge on any atom is -0.475 e. The van der Waals surface area contributed by atoms with Crippen molar-refractivity contribution in [3.05, 3.63) is 18.3 Å². The molecule has 1 aromatic heterocycles. The van der Waals surface area contributed by atoms with E-state index in [1.165, 1.54) is 0 Å². The van der Waals surface area contributed by atoms with Gasteiger partial charge in [0.2, 0.25) is 5.88 Å². The number of hydrogen-bond donors (Lipinski definition) is 1. The van der Waals surface area contributed by atoms with Crippen LogP contribution in [0.3, 0.4) is 0 Å². The van der Waals surface area contributed by atoms with Crippen molar-refractivity contribution in [3.63, 3.8) is 0 Å². The predicted molar refractivity (Wildman–Crippen MR) is 61.5 cm³/mol. The molecule has 0 radical (unpaired) electrons. The highest BCUT2D eigenvalue weighted by Gasteiger charge is 1.94. The number of nitrogen functional groups attached to an aromatic ring is 1. The predicted octanol–water partition coefficient (Wildman–Crippen LogP) is 1.10. The lowest BCUT2D eigenvalue weighted by Crippen LogP contribution is -2.09. The lowest BCUT2D eigenvalue weighted by atomic mass is 10.4. The molecule has 0 unspecified atom stereocenters. The summed E-state index contributed by atoms with van der Waals surface area (Å²) in [4.78, 5) is 4.00. The van der Waals surface area contributed by atoms with E-state index in [1.54, 1.807) is 25.4 Å². The molecule has 5 heteroatoms. The summed E-state index contributed by atoms with van der Waals surface area (Å²) in [6.45, 7) is 2.45. The van der Waals surface area contributed by atoms with Gasteiger partial charge in [0.25, 0.3) is 0 Å². The van der Waals surface area contributed by atoms with E-state index in [0.717, 1.165) is 13.0 Å². The molecule has 0 aliphatic rings. The molecule has 90 valence electrons. The van der Waals surface area contributed by atoms with Crippen molar-refractivity contribution in [2.24, 2.45) is 0 Å². The van der Waals surface area contributed by atoms with Crippen LogP contribution in [0.5, 0.6) is 5.88 Å². The van der Waals surface area contributed by atoms with Gasteiger partial charge in [-0.1, -0.05) is 0 Å². The topological polar surface area (TPSA) is 66.6 Å². The Morgan fingerprint density at radius 1 is 1.19 bits per heavy atom. The van der Waals surface area contributed by atoms with E-state index < -0.39 is 0 Å². The maximum atomic E-state index is 5.49. The van der Waals surface area contributed by atoms with Crippen molar-refractivity contribution in [2.45, 2.75) is 6.42 Å². The first kappa shape index (κ1) is 12.7. The molecule has 2 N–H and O–H groups in total. The molecule has 1 rings (SSSR count). The van der Waals surface area contributed by atoms with Crippen molar-refractivity contribution in [1.82, 2.24) is 4.98 Å². The zero-order valence-electron chi connectivity index (χ0n) is 9.52. The largest absolute Gasteiger partial charge is 0.475 e. The van der Waals surface area contributed by atoms with Gasteiger partial charge in [-0.2, -0.15) is 0 Å². The Hall–Kier alpha value is -1.33. The van der Waals surface area contributed by atoms with E-state index in [0.29, 0.717) is 31.4 Å². The fourth-order valence-electron chi connectivity index (χ4n) is 1.09. The van der Waals surface area contributed by atoms with Crippen molar-refractivity contribution in [2.75, 3.05) is 39.3 Å². The standard InChI is InChI=1S/C11H18N2O3/c1-14-5-2-6-15-7-8-16-11-4-3-10(12)9-13-11/h3-4,9H,2,5-8,12H2,1H3. The summed E-state index contributed by atoms with van der Waals surface area (Å²) < 4.78 is 15.6. The summed E-state index contributed by atoms with van der Waals surface area (Å²) in [5, 5.41) is 0. The average molecular weight is 226 g/mol. The van der Waals surface area contributed by atoms with Crippen LogP contribution >= 0.6 is 0 Å². The van der Waals surface area contributed by atoms with E-state index in [4.69, 9.17) is 19.9 Å². The number of aromatic nitrogens is 1. The van der Waals surface area contributed by atoms with Crippen LogP contribution in [-0.2, 0) is 9.47 Å². The molecule has 16 heavy (non-hydrogen) atoms. The van der Waals surface area contributed by atoms with Crippen LogP contribution in [0.15, 0.2) is 18.3 Å². The molecule has 0 saturated heterocycles. The van der Waals surface area contributed by atoms with Crippen LogP contribution in [0.1, 0.15) is 6.42 Å². The van der Waals surface area contributed by atoms with E-state index in [1.807, 2.05) is 0 Å². The van der Waals surface area contributed by atoms with Crippen molar-refractivity contribution in [3.8, 4) is 5.88 Å². The molecule has 1 heterocycles. The van der Waals surface area contributed by atoms with Crippen molar-refractivity contribution < 1.29 is 14.2 Å². The maximum absolute atomic E-state index is 5.49. The van der Waals surface area contributed by atoms with E-state index in [2.05, 4.69) is 4.98 Å². The fraction of sp³-hybridized carbons (Fsp3) is 0.545. The van der Waals surface area contributed by atoms with Crippen molar-refractivity contribution in [1.29, 1.82) is 0 Å². The lowest BCUT2D eigenvalue weighted by molar-refractivity contribution is 0.0796. The fourth-order valence-corrected chi connectivity index (χ4v) is 1.09. The van der Waals surface area contributed by atoms with Gasteiger partial charge in [-0.05, 0) is 12.5 Å². The Morgan fingerprint density at radius 2 is 2.06 bits per heavy atom. The van der Waals surface area contributed by atoms with Gasteiger partial charge >= 0.3 is 0 Å². The van der Waals surface area contributed by atoms with Crippen LogP contribution in [0.4, 0.5) is 5.69 Å². The van der Waals surface area contributed by atoms with Crippen LogP contribution in [0.2, 0.25) is 0 Å². The first-order valence-corrected chi connectivity index (χ1v) is 5.24. The third kappa shape index (κ3) is 5.53. The summed E-state index contributed by atoms with van der Waals surface area (Å²) in [7, 11) is 1.68. The van der Waals surface area contributed by atoms with Gasteiger partial charge in [-0.3, -0.25) is 0 Å². The lowest BCUT2D eigenvalue weighted by Gasteiger charge is -2.06. The molecule has 5 nitrogen and oxygen atoms in total. The number of hydrogen-bond acceptors (Lipinski definition) is 5. The van der Waals surface area contributed by atoms with Crippen LogP contribution < -0.4 is 10.5 Å². The van der Waals surface area contributed by atoms with Crippen molar-refractivity contribution >= 4 is 5.69 Å². The zero-order chi connectivity index (χ0) is 11.6. The van der Waals surface area contributed by atoms with E-state index in [-0.39, 0.29) is 0 Å². The number of anilines is 1. The second kappa shape index (κ2) is 7.90. The van der Waals surface area contributed by atoms with Gasteiger partial charge in [0.15, 0.2) is 0 Å². The van der Waals surface area contributed by atoms with Gasteiger partial charge in [-0.25, -0.2) is 4.98 Å². The molecule has 0 atom stereocenters. The Morgan fingerprint density at radius 3 is 2.75 bits per heavy atom.